The van der Waals surface area contributed by atoms with Crippen LogP contribution >= 0.6 is 11.6 Å². The number of amides is 1. The second-order valence-corrected chi connectivity index (χ2v) is 11.0. The number of hydrogen-bond acceptors (Lipinski definition) is 6. The molecule has 0 bridgehead atoms. The maximum absolute atomic E-state index is 13.6. The number of methoxy groups -OCH3 is 2. The Labute approximate surface area is 239 Å². The van der Waals surface area contributed by atoms with Gasteiger partial charge in [-0.2, -0.15) is 0 Å². The Hall–Kier alpha value is -3.97. The lowest BCUT2D eigenvalue weighted by Gasteiger charge is -2.27. The van der Waals surface area contributed by atoms with Crippen molar-refractivity contribution in [3.63, 3.8) is 0 Å². The highest BCUT2D eigenvalue weighted by atomic mass is 35.5. The van der Waals surface area contributed by atoms with Crippen LogP contribution in [0.25, 0.3) is 5.76 Å². The highest BCUT2D eigenvalue weighted by molar-refractivity contribution is 6.51. The van der Waals surface area contributed by atoms with Gasteiger partial charge in [0.2, 0.25) is 0 Å². The number of benzene rings is 3. The minimum Gasteiger partial charge on any atom is -0.507 e. The topological polar surface area (TPSA) is 85.3 Å². The number of aliphatic hydroxyl groups excluding tert-OH is 1. The van der Waals surface area contributed by atoms with Gasteiger partial charge in [0.15, 0.2) is 0 Å². The maximum atomic E-state index is 13.6. The fraction of sp³-hybridized carbons (Fsp3) is 0.312. The molecule has 8 heteroatoms. The predicted octanol–water partition coefficient (Wildman–Crippen LogP) is 7.07. The van der Waals surface area contributed by atoms with Gasteiger partial charge in [-0.15, -0.1) is 0 Å². The molecule has 210 valence electrons. The van der Waals surface area contributed by atoms with Crippen LogP contribution in [0.4, 0.5) is 5.69 Å². The van der Waals surface area contributed by atoms with E-state index in [0.717, 1.165) is 12.0 Å². The lowest BCUT2D eigenvalue weighted by molar-refractivity contribution is -0.132. The van der Waals surface area contributed by atoms with Crippen molar-refractivity contribution in [2.75, 3.05) is 25.7 Å². The summed E-state index contributed by atoms with van der Waals surface area (Å²) in [6, 6.07) is 16.8. The van der Waals surface area contributed by atoms with E-state index in [1.165, 1.54) is 31.3 Å². The molecule has 1 aliphatic heterocycles. The van der Waals surface area contributed by atoms with E-state index in [9.17, 15) is 14.7 Å². The summed E-state index contributed by atoms with van der Waals surface area (Å²) in [5.74, 6) is -0.832. The first-order valence-electron chi connectivity index (χ1n) is 13.1. The van der Waals surface area contributed by atoms with Gasteiger partial charge < -0.3 is 19.3 Å². The van der Waals surface area contributed by atoms with Gasteiger partial charge in [0.25, 0.3) is 11.7 Å². The fourth-order valence-corrected chi connectivity index (χ4v) is 4.95. The van der Waals surface area contributed by atoms with E-state index in [0.29, 0.717) is 29.4 Å². The molecule has 0 radical (unpaired) electrons. The average Bonchev–Trinajstić information content (AvgIpc) is 3.21. The molecular weight excluding hydrogens is 530 g/mol. The van der Waals surface area contributed by atoms with Crippen LogP contribution in [0.15, 0.2) is 66.2 Å². The monoisotopic (exact) mass is 563 g/mol. The molecule has 0 saturated carbocycles. The Kier molecular flexibility index (Phi) is 8.45. The summed E-state index contributed by atoms with van der Waals surface area (Å²) in [5, 5.41) is 11.8. The Balaban J connectivity index is 1.95. The van der Waals surface area contributed by atoms with Gasteiger partial charge in [0.1, 0.15) is 23.0 Å². The van der Waals surface area contributed by atoms with E-state index >= 15 is 0 Å². The molecule has 1 atom stereocenters. The molecule has 40 heavy (non-hydrogen) atoms. The summed E-state index contributed by atoms with van der Waals surface area (Å²) in [5.41, 5.74) is 2.22. The highest BCUT2D eigenvalue weighted by Crippen LogP contribution is 2.45. The van der Waals surface area contributed by atoms with Gasteiger partial charge in [-0.25, -0.2) is 0 Å². The fourth-order valence-electron chi connectivity index (χ4n) is 4.71. The Morgan fingerprint density at radius 3 is 2.25 bits per heavy atom. The summed E-state index contributed by atoms with van der Waals surface area (Å²) >= 11 is 6.38. The lowest BCUT2D eigenvalue weighted by atomic mass is 9.85. The quantitative estimate of drug-likeness (QED) is 0.179. The van der Waals surface area contributed by atoms with Gasteiger partial charge in [-0.05, 0) is 41.2 Å². The summed E-state index contributed by atoms with van der Waals surface area (Å²) in [6.07, 6.45) is 0.821. The van der Waals surface area contributed by atoms with Crippen LogP contribution in [0.5, 0.6) is 17.2 Å². The zero-order valence-electron chi connectivity index (χ0n) is 23.6. The first kappa shape index (κ1) is 29.0. The van der Waals surface area contributed by atoms with Crippen molar-refractivity contribution in [2.45, 2.75) is 45.6 Å². The van der Waals surface area contributed by atoms with Crippen LogP contribution in [0.3, 0.4) is 0 Å². The van der Waals surface area contributed by atoms with Gasteiger partial charge in [0.05, 0.1) is 43.0 Å². The molecule has 4 rings (SSSR count). The van der Waals surface area contributed by atoms with Crippen LogP contribution in [0, 0.1) is 0 Å². The zero-order valence-corrected chi connectivity index (χ0v) is 24.3. The van der Waals surface area contributed by atoms with Crippen LogP contribution in [0.2, 0.25) is 5.02 Å². The van der Waals surface area contributed by atoms with Gasteiger partial charge in [-0.3, -0.25) is 14.5 Å². The Bertz CT molecular complexity index is 1460. The van der Waals surface area contributed by atoms with E-state index < -0.39 is 23.5 Å². The van der Waals surface area contributed by atoms with Crippen LogP contribution in [-0.4, -0.2) is 37.6 Å². The molecule has 0 aromatic heterocycles. The molecule has 1 saturated heterocycles. The molecular formula is C32H34ClNO6. The number of anilines is 1. The smallest absolute Gasteiger partial charge is 0.300 e. The molecule has 3 aromatic rings. The van der Waals surface area contributed by atoms with Crippen molar-refractivity contribution < 1.29 is 28.9 Å². The van der Waals surface area contributed by atoms with Crippen LogP contribution in [-0.2, 0) is 15.0 Å². The molecule has 1 amide bonds. The Morgan fingerprint density at radius 2 is 1.65 bits per heavy atom. The number of carbonyl (C=O) groups excluding carboxylic acids is 2. The first-order valence-corrected chi connectivity index (χ1v) is 13.5. The number of ketones is 1. The van der Waals surface area contributed by atoms with Crippen LogP contribution < -0.4 is 19.1 Å². The molecule has 1 unspecified atom stereocenters. The molecule has 3 aromatic carbocycles. The normalized spacial score (nSPS) is 16.8. The third-order valence-corrected chi connectivity index (χ3v) is 7.13. The minimum absolute atomic E-state index is 0.0760. The average molecular weight is 564 g/mol. The largest absolute Gasteiger partial charge is 0.507 e. The highest BCUT2D eigenvalue weighted by Gasteiger charge is 2.47. The predicted molar refractivity (Wildman–Crippen MR) is 157 cm³/mol. The van der Waals surface area contributed by atoms with Crippen molar-refractivity contribution in [3.8, 4) is 17.2 Å². The number of halogens is 1. The van der Waals surface area contributed by atoms with Gasteiger partial charge in [0, 0.05) is 17.8 Å². The Morgan fingerprint density at radius 1 is 0.975 bits per heavy atom. The molecule has 1 heterocycles. The van der Waals surface area contributed by atoms with E-state index in [1.54, 1.807) is 24.3 Å². The standard InChI is InChI=1S/C32H34ClNO6/c1-7-15-40-22-10-8-9-21(16-22)34-28(19-11-13-20(14-12-19)32(2,3)4)27(30(36)31(34)37)29(35)23-17-24(33)26(39-6)18-25(23)38-5/h8-14,16-18,28,35H,7,15H2,1-6H3/b29-27+. The van der Waals surface area contributed by atoms with Gasteiger partial charge >= 0.3 is 0 Å². The van der Waals surface area contributed by atoms with E-state index in [4.69, 9.17) is 25.8 Å². The SMILES string of the molecule is CCCOc1cccc(N2C(=O)C(=O)/C(=C(/O)c3cc(Cl)c(OC)cc3OC)C2c2ccc(C(C)(C)C)cc2)c1. The number of aliphatic hydroxyl groups is 1. The number of hydrogen-bond donors (Lipinski definition) is 1. The molecule has 0 aliphatic carbocycles. The summed E-state index contributed by atoms with van der Waals surface area (Å²) < 4.78 is 16.6. The zero-order chi connectivity index (χ0) is 29.2. The van der Waals surface area contributed by atoms with E-state index in [-0.39, 0.29) is 27.3 Å². The van der Waals surface area contributed by atoms with E-state index in [2.05, 4.69) is 20.8 Å². The lowest BCUT2D eigenvalue weighted by Crippen LogP contribution is -2.29. The molecule has 0 spiro atoms. The van der Waals surface area contributed by atoms with Crippen molar-refractivity contribution in [1.29, 1.82) is 0 Å². The number of nitrogens with zero attached hydrogens (tertiary/aromatic N) is 1. The summed E-state index contributed by atoms with van der Waals surface area (Å²) in [4.78, 5) is 28.7. The number of carbonyl (C=O) groups is 2. The van der Waals surface area contributed by atoms with Gasteiger partial charge in [-0.1, -0.05) is 69.6 Å². The third kappa shape index (κ3) is 5.52. The number of Topliss-reactive ketones (excluding diaryl/α,β-unsaturated/α-hetero) is 1. The molecule has 7 nitrogen and oxygen atoms in total. The third-order valence-electron chi connectivity index (χ3n) is 6.83. The maximum Gasteiger partial charge on any atom is 0.300 e. The molecule has 1 aliphatic rings. The minimum atomic E-state index is -0.916. The van der Waals surface area contributed by atoms with E-state index in [1.807, 2.05) is 31.2 Å². The van der Waals surface area contributed by atoms with Crippen molar-refractivity contribution in [3.05, 3.63) is 87.9 Å². The second kappa shape index (κ2) is 11.6. The van der Waals surface area contributed by atoms with Crippen molar-refractivity contribution in [2.24, 2.45) is 0 Å². The first-order chi connectivity index (χ1) is 19.0. The second-order valence-electron chi connectivity index (χ2n) is 10.6. The molecule has 1 fully saturated rings. The van der Waals surface area contributed by atoms with Crippen LogP contribution in [0.1, 0.15) is 56.8 Å². The van der Waals surface area contributed by atoms with Crippen molar-refractivity contribution in [1.82, 2.24) is 0 Å². The number of rotatable bonds is 8. The van der Waals surface area contributed by atoms with Crippen molar-refractivity contribution >= 4 is 34.7 Å². The summed E-state index contributed by atoms with van der Waals surface area (Å²) in [6.45, 7) is 8.84. The number of ether oxygens (including phenoxy) is 3. The molecule has 1 N–H and O–H groups in total. The summed E-state index contributed by atoms with van der Waals surface area (Å²) in [7, 11) is 2.90.